The fourth-order valence-corrected chi connectivity index (χ4v) is 9.78. The van der Waals surface area contributed by atoms with Gasteiger partial charge in [0, 0.05) is 31.8 Å². The minimum absolute atomic E-state index is 0.332. The lowest BCUT2D eigenvalue weighted by atomic mass is 9.93. The van der Waals surface area contributed by atoms with Crippen molar-refractivity contribution < 1.29 is 14.3 Å². The van der Waals surface area contributed by atoms with Crippen LogP contribution in [-0.4, -0.2) is 35.3 Å². The summed E-state index contributed by atoms with van der Waals surface area (Å²) in [4.78, 5) is 29.0. The highest BCUT2D eigenvalue weighted by Gasteiger charge is 2.22. The molecule has 0 fully saturated rings. The molecule has 0 N–H and O–H groups in total. The first-order valence-corrected chi connectivity index (χ1v) is 29.7. The Labute approximate surface area is 408 Å². The molecule has 0 rings (SSSR count). The smallest absolute Gasteiger partial charge is 0.222 e. The maximum absolute atomic E-state index is 13.8. The van der Waals surface area contributed by atoms with Gasteiger partial charge in [-0.2, -0.15) is 0 Å². The highest BCUT2D eigenvalue weighted by molar-refractivity contribution is 5.89. The summed E-state index contributed by atoms with van der Waals surface area (Å²) in [6.45, 7) is 19.0. The van der Waals surface area contributed by atoms with Crippen LogP contribution in [0.25, 0.3) is 0 Å². The number of hydrogen-bond acceptors (Lipinski definition) is 3. The zero-order valence-electron chi connectivity index (χ0n) is 45.3. The summed E-state index contributed by atoms with van der Waals surface area (Å²) in [7, 11) is 0. The largest absolute Gasteiger partial charge is 0.495 e. The van der Waals surface area contributed by atoms with Crippen LogP contribution in [0, 0.1) is 5.92 Å². The zero-order chi connectivity index (χ0) is 47.7. The molecule has 0 aliphatic carbocycles. The van der Waals surface area contributed by atoms with Gasteiger partial charge < -0.3 is 9.64 Å². The summed E-state index contributed by atoms with van der Waals surface area (Å²) in [6, 6.07) is 0.387. The van der Waals surface area contributed by atoms with E-state index in [0.29, 0.717) is 36.2 Å². The van der Waals surface area contributed by atoms with E-state index in [0.717, 1.165) is 70.1 Å². The Hall–Kier alpha value is -1.58. The average Bonchev–Trinajstić information content (AvgIpc) is 3.30. The number of unbranched alkanes of at least 4 members (excludes halogenated alkanes) is 28. The zero-order valence-corrected chi connectivity index (χ0v) is 45.3. The van der Waals surface area contributed by atoms with Crippen LogP contribution in [0.4, 0.5) is 0 Å². The first kappa shape index (κ1) is 63.4. The van der Waals surface area contributed by atoms with Crippen LogP contribution in [0.15, 0.2) is 24.5 Å². The van der Waals surface area contributed by atoms with E-state index < -0.39 is 0 Å². The minimum Gasteiger partial charge on any atom is -0.495 e. The molecule has 0 heterocycles. The third-order valence-electron chi connectivity index (χ3n) is 14.2. The van der Waals surface area contributed by atoms with Crippen LogP contribution < -0.4 is 0 Å². The van der Waals surface area contributed by atoms with Crippen LogP contribution in [-0.2, 0) is 14.3 Å². The van der Waals surface area contributed by atoms with Crippen molar-refractivity contribution in [2.75, 3.05) is 6.54 Å². The minimum atomic E-state index is 0.332. The predicted molar refractivity (Wildman–Crippen MR) is 289 cm³/mol. The summed E-state index contributed by atoms with van der Waals surface area (Å²) < 4.78 is 6.47. The van der Waals surface area contributed by atoms with Crippen molar-refractivity contribution in [2.24, 2.45) is 5.92 Å². The monoisotopic (exact) mass is 912 g/mol. The fraction of sp³-hybridized carbons (Fsp3) is 0.902. The van der Waals surface area contributed by atoms with Crippen LogP contribution in [0.2, 0.25) is 0 Å². The molecule has 0 aromatic rings. The molecular weight excluding hydrogens is 795 g/mol. The van der Waals surface area contributed by atoms with Crippen LogP contribution in [0.3, 0.4) is 0 Å². The third kappa shape index (κ3) is 42.3. The second-order valence-corrected chi connectivity index (χ2v) is 20.7. The number of allylic oxidation sites excluding steroid dienone is 3. The van der Waals surface area contributed by atoms with Gasteiger partial charge in [-0.3, -0.25) is 9.59 Å². The molecule has 65 heavy (non-hydrogen) atoms. The van der Waals surface area contributed by atoms with Crippen molar-refractivity contribution in [3.63, 3.8) is 0 Å². The molecule has 0 aliphatic heterocycles. The summed E-state index contributed by atoms with van der Waals surface area (Å²) in [5.41, 5.74) is 0. The molecule has 1 amide bonds. The van der Waals surface area contributed by atoms with Gasteiger partial charge >= 0.3 is 0 Å². The topological polar surface area (TPSA) is 46.6 Å². The van der Waals surface area contributed by atoms with E-state index in [9.17, 15) is 9.59 Å². The number of carbonyl (C=O) groups excluding carboxylic acids is 2. The number of ether oxygens (including phenoxy) is 1. The number of ketones is 1. The molecule has 0 saturated carbocycles. The van der Waals surface area contributed by atoms with Gasteiger partial charge in [0.2, 0.25) is 5.91 Å². The Balaban J connectivity index is 4.95. The number of hydrogen-bond donors (Lipinski definition) is 0. The van der Waals surface area contributed by atoms with Gasteiger partial charge in [-0.25, -0.2) is 0 Å². The molecule has 0 aliphatic rings. The van der Waals surface area contributed by atoms with E-state index in [1.807, 2.05) is 6.08 Å². The lowest BCUT2D eigenvalue weighted by Crippen LogP contribution is -2.41. The Morgan fingerprint density at radius 3 is 1.23 bits per heavy atom. The predicted octanol–water partition coefficient (Wildman–Crippen LogP) is 20.5. The number of rotatable bonds is 53. The quantitative estimate of drug-likeness (QED) is 0.0347. The van der Waals surface area contributed by atoms with Gasteiger partial charge in [0.1, 0.15) is 0 Å². The Morgan fingerprint density at radius 2 is 0.769 bits per heavy atom. The van der Waals surface area contributed by atoms with E-state index in [4.69, 9.17) is 4.74 Å². The Bertz CT molecular complexity index is 1030. The molecule has 0 aromatic heterocycles. The average molecular weight is 913 g/mol. The summed E-state index contributed by atoms with van der Waals surface area (Å²) >= 11 is 0. The molecule has 1 unspecified atom stereocenters. The molecule has 0 aromatic carbocycles. The highest BCUT2D eigenvalue weighted by atomic mass is 16.5. The number of carbonyl (C=O) groups is 2. The molecule has 0 radical (unpaired) electrons. The number of nitrogens with zero attached hydrogens (tertiary/aromatic N) is 1. The first-order valence-electron chi connectivity index (χ1n) is 29.7. The maximum Gasteiger partial charge on any atom is 0.222 e. The SMILES string of the molecule is C=C(CCCCCCCCC(CCCCCCCCC(=O)/C=C\C(CCCCCC)CCCCCC)N(CCCC)C(=O)CCCCCCCC)OC(CCCCCC)CCCCCC. The third-order valence-corrected chi connectivity index (χ3v) is 14.2. The van der Waals surface area contributed by atoms with Crippen LogP contribution >= 0.6 is 0 Å². The Morgan fingerprint density at radius 1 is 0.415 bits per heavy atom. The molecular formula is C61H117NO3. The summed E-state index contributed by atoms with van der Waals surface area (Å²) in [6.07, 6.45) is 59.3. The van der Waals surface area contributed by atoms with Gasteiger partial charge in [0.25, 0.3) is 0 Å². The van der Waals surface area contributed by atoms with Crippen molar-refractivity contribution >= 4 is 11.7 Å². The first-order chi connectivity index (χ1) is 31.9. The highest BCUT2D eigenvalue weighted by Crippen LogP contribution is 2.24. The summed E-state index contributed by atoms with van der Waals surface area (Å²) in [5, 5.41) is 0. The number of amides is 1. The van der Waals surface area contributed by atoms with E-state index in [-0.39, 0.29) is 0 Å². The molecule has 384 valence electrons. The van der Waals surface area contributed by atoms with Crippen molar-refractivity contribution in [3.05, 3.63) is 24.5 Å². The van der Waals surface area contributed by atoms with E-state index in [2.05, 4.69) is 59.1 Å². The van der Waals surface area contributed by atoms with Crippen molar-refractivity contribution in [3.8, 4) is 0 Å². The Kier molecular flexibility index (Phi) is 49.1. The maximum atomic E-state index is 13.8. The molecule has 0 spiro atoms. The van der Waals surface area contributed by atoms with Gasteiger partial charge in [0.05, 0.1) is 11.9 Å². The lowest BCUT2D eigenvalue weighted by Gasteiger charge is -2.33. The van der Waals surface area contributed by atoms with E-state index >= 15 is 0 Å². The van der Waals surface area contributed by atoms with E-state index in [1.165, 1.54) is 225 Å². The molecule has 0 saturated heterocycles. The van der Waals surface area contributed by atoms with Gasteiger partial charge in [0.15, 0.2) is 5.78 Å². The van der Waals surface area contributed by atoms with Crippen molar-refractivity contribution in [1.29, 1.82) is 0 Å². The van der Waals surface area contributed by atoms with E-state index in [1.54, 1.807) is 0 Å². The van der Waals surface area contributed by atoms with Gasteiger partial charge in [-0.1, -0.05) is 247 Å². The van der Waals surface area contributed by atoms with Crippen LogP contribution in [0.5, 0.6) is 0 Å². The molecule has 0 bridgehead atoms. The molecule has 1 atom stereocenters. The molecule has 4 nitrogen and oxygen atoms in total. The summed E-state index contributed by atoms with van der Waals surface area (Å²) in [5.74, 6) is 2.35. The van der Waals surface area contributed by atoms with Gasteiger partial charge in [-0.15, -0.1) is 0 Å². The second kappa shape index (κ2) is 50.3. The van der Waals surface area contributed by atoms with Crippen LogP contribution in [0.1, 0.15) is 330 Å². The second-order valence-electron chi connectivity index (χ2n) is 20.7. The lowest BCUT2D eigenvalue weighted by molar-refractivity contribution is -0.134. The van der Waals surface area contributed by atoms with Crippen molar-refractivity contribution in [1.82, 2.24) is 4.90 Å². The standard InChI is InChI=1S/C61H117NO3/c1-8-14-20-25-34-43-52-61(64)62(55-19-13-6)58(47-38-31-27-26-30-35-44-56(7)65-60(50-41-23-17-11-4)51-42-24-18-12-5)48-39-32-28-29-33-40-49-59(63)54-53-57(45-36-21-15-9-2)46-37-22-16-10-3/h53-54,57-58,60H,7-52,55H2,1-6H3/b54-53-. The van der Waals surface area contributed by atoms with Crippen molar-refractivity contribution in [2.45, 2.75) is 343 Å². The molecule has 4 heteroatoms. The normalized spacial score (nSPS) is 12.2. The van der Waals surface area contributed by atoms with Gasteiger partial charge in [-0.05, 0) is 89.0 Å². The fourth-order valence-electron chi connectivity index (χ4n) is 9.78.